The molecule has 78 valence electrons. The summed E-state index contributed by atoms with van der Waals surface area (Å²) >= 11 is 0. The molecule has 0 amide bonds. The lowest BCUT2D eigenvalue weighted by atomic mass is 9.89. The monoisotopic (exact) mass is 195 g/mol. The summed E-state index contributed by atoms with van der Waals surface area (Å²) in [6.07, 6.45) is 6.87. The SMILES string of the molecule is N#CCC1COC(C2CCCCC2)O1. The summed E-state index contributed by atoms with van der Waals surface area (Å²) in [4.78, 5) is 0. The molecule has 0 radical (unpaired) electrons. The summed E-state index contributed by atoms with van der Waals surface area (Å²) in [5.41, 5.74) is 0. The van der Waals surface area contributed by atoms with Crippen molar-refractivity contribution in [3.63, 3.8) is 0 Å². The number of hydrogen-bond acceptors (Lipinski definition) is 3. The highest BCUT2D eigenvalue weighted by Gasteiger charge is 2.32. The summed E-state index contributed by atoms with van der Waals surface area (Å²) in [6, 6.07) is 2.13. The van der Waals surface area contributed by atoms with E-state index in [1.807, 2.05) is 0 Å². The van der Waals surface area contributed by atoms with Gasteiger partial charge in [0.1, 0.15) is 0 Å². The lowest BCUT2D eigenvalue weighted by molar-refractivity contribution is -0.104. The first-order valence-electron chi connectivity index (χ1n) is 5.54. The molecule has 1 saturated heterocycles. The molecule has 3 nitrogen and oxygen atoms in total. The van der Waals surface area contributed by atoms with Crippen molar-refractivity contribution in [1.29, 1.82) is 5.26 Å². The molecule has 2 atom stereocenters. The van der Waals surface area contributed by atoms with Crippen LogP contribution < -0.4 is 0 Å². The summed E-state index contributed by atoms with van der Waals surface area (Å²) in [6.45, 7) is 0.606. The molecule has 0 aromatic heterocycles. The van der Waals surface area contributed by atoms with Crippen LogP contribution in [0.4, 0.5) is 0 Å². The van der Waals surface area contributed by atoms with Gasteiger partial charge >= 0.3 is 0 Å². The van der Waals surface area contributed by atoms with Gasteiger partial charge in [0, 0.05) is 5.92 Å². The summed E-state index contributed by atoms with van der Waals surface area (Å²) < 4.78 is 11.3. The molecule has 14 heavy (non-hydrogen) atoms. The van der Waals surface area contributed by atoms with Gasteiger partial charge in [-0.3, -0.25) is 0 Å². The van der Waals surface area contributed by atoms with Crippen molar-refractivity contribution >= 4 is 0 Å². The number of rotatable bonds is 2. The highest BCUT2D eigenvalue weighted by molar-refractivity contribution is 4.81. The molecule has 0 spiro atoms. The average Bonchev–Trinajstić information content (AvgIpc) is 2.68. The summed E-state index contributed by atoms with van der Waals surface area (Å²) in [5.74, 6) is 0.576. The first-order chi connectivity index (χ1) is 6.90. The molecule has 0 N–H and O–H groups in total. The first-order valence-corrected chi connectivity index (χ1v) is 5.54. The van der Waals surface area contributed by atoms with Crippen LogP contribution >= 0.6 is 0 Å². The third kappa shape index (κ3) is 2.26. The van der Waals surface area contributed by atoms with E-state index < -0.39 is 0 Å². The molecule has 2 rings (SSSR count). The van der Waals surface area contributed by atoms with Crippen LogP contribution in [-0.2, 0) is 9.47 Å². The highest BCUT2D eigenvalue weighted by atomic mass is 16.7. The maximum atomic E-state index is 8.54. The van der Waals surface area contributed by atoms with Crippen LogP contribution in [0, 0.1) is 17.2 Å². The lowest BCUT2D eigenvalue weighted by Crippen LogP contribution is -2.24. The van der Waals surface area contributed by atoms with Crippen LogP contribution in [0.25, 0.3) is 0 Å². The third-order valence-corrected chi connectivity index (χ3v) is 3.13. The zero-order chi connectivity index (χ0) is 9.80. The maximum Gasteiger partial charge on any atom is 0.161 e. The quantitative estimate of drug-likeness (QED) is 0.678. The standard InChI is InChI=1S/C11H17NO2/c12-7-6-10-8-13-11(14-10)9-4-2-1-3-5-9/h9-11H,1-6,8H2. The molecule has 0 aromatic carbocycles. The molecule has 1 heterocycles. The molecule has 1 aliphatic carbocycles. The largest absolute Gasteiger partial charge is 0.350 e. The Kier molecular flexibility index (Phi) is 3.39. The Bertz CT molecular complexity index is 218. The normalized spacial score (nSPS) is 34.2. The van der Waals surface area contributed by atoms with Gasteiger partial charge in [0.2, 0.25) is 0 Å². The number of nitrogens with zero attached hydrogens (tertiary/aromatic N) is 1. The second-order valence-corrected chi connectivity index (χ2v) is 4.22. The Morgan fingerprint density at radius 1 is 1.21 bits per heavy atom. The van der Waals surface area contributed by atoms with Gasteiger partial charge in [-0.05, 0) is 12.8 Å². The highest BCUT2D eigenvalue weighted by Crippen LogP contribution is 2.31. The molecule has 2 fully saturated rings. The van der Waals surface area contributed by atoms with E-state index in [-0.39, 0.29) is 12.4 Å². The summed E-state index contributed by atoms with van der Waals surface area (Å²) in [5, 5.41) is 8.54. The predicted octanol–water partition coefficient (Wildman–Crippen LogP) is 2.22. The molecule has 1 aliphatic heterocycles. The van der Waals surface area contributed by atoms with E-state index in [0.29, 0.717) is 18.9 Å². The third-order valence-electron chi connectivity index (χ3n) is 3.13. The van der Waals surface area contributed by atoms with E-state index in [2.05, 4.69) is 6.07 Å². The molecule has 2 aliphatic rings. The van der Waals surface area contributed by atoms with Crippen molar-refractivity contribution in [2.45, 2.75) is 50.9 Å². The van der Waals surface area contributed by atoms with Crippen molar-refractivity contribution in [1.82, 2.24) is 0 Å². The topological polar surface area (TPSA) is 42.2 Å². The van der Waals surface area contributed by atoms with Gasteiger partial charge in [-0.15, -0.1) is 0 Å². The van der Waals surface area contributed by atoms with Crippen molar-refractivity contribution in [3.05, 3.63) is 0 Å². The minimum Gasteiger partial charge on any atom is -0.350 e. The smallest absolute Gasteiger partial charge is 0.161 e. The van der Waals surface area contributed by atoms with E-state index >= 15 is 0 Å². The molecule has 2 unspecified atom stereocenters. The zero-order valence-corrected chi connectivity index (χ0v) is 8.45. The maximum absolute atomic E-state index is 8.54. The fraction of sp³-hybridized carbons (Fsp3) is 0.909. The van der Waals surface area contributed by atoms with E-state index in [1.165, 1.54) is 32.1 Å². The van der Waals surface area contributed by atoms with Crippen LogP contribution in [0.2, 0.25) is 0 Å². The fourth-order valence-electron chi connectivity index (χ4n) is 2.33. The van der Waals surface area contributed by atoms with Gasteiger partial charge in [0.15, 0.2) is 6.29 Å². The Labute approximate surface area is 85.0 Å². The van der Waals surface area contributed by atoms with Crippen LogP contribution in [0.5, 0.6) is 0 Å². The van der Waals surface area contributed by atoms with Crippen LogP contribution in [0.3, 0.4) is 0 Å². The molecular formula is C11H17NO2. The first kappa shape index (κ1) is 9.95. The van der Waals surface area contributed by atoms with Crippen molar-refractivity contribution in [2.24, 2.45) is 5.92 Å². The molecule has 1 saturated carbocycles. The molecule has 0 bridgehead atoms. The molecule has 3 heteroatoms. The molecular weight excluding hydrogens is 178 g/mol. The average molecular weight is 195 g/mol. The second kappa shape index (κ2) is 4.77. The fourth-order valence-corrected chi connectivity index (χ4v) is 2.33. The second-order valence-electron chi connectivity index (χ2n) is 4.22. The minimum absolute atomic E-state index is 0.0198. The predicted molar refractivity (Wildman–Crippen MR) is 51.4 cm³/mol. The Morgan fingerprint density at radius 2 is 2.00 bits per heavy atom. The Morgan fingerprint density at radius 3 is 2.71 bits per heavy atom. The van der Waals surface area contributed by atoms with Crippen LogP contribution in [0.15, 0.2) is 0 Å². The lowest BCUT2D eigenvalue weighted by Gasteiger charge is -2.25. The van der Waals surface area contributed by atoms with Crippen molar-refractivity contribution < 1.29 is 9.47 Å². The number of hydrogen-bond donors (Lipinski definition) is 0. The van der Waals surface area contributed by atoms with Crippen LogP contribution in [0.1, 0.15) is 38.5 Å². The van der Waals surface area contributed by atoms with Crippen molar-refractivity contribution in [3.8, 4) is 6.07 Å². The van der Waals surface area contributed by atoms with E-state index in [0.717, 1.165) is 0 Å². The zero-order valence-electron chi connectivity index (χ0n) is 8.45. The van der Waals surface area contributed by atoms with E-state index in [9.17, 15) is 0 Å². The van der Waals surface area contributed by atoms with Gasteiger partial charge in [0.25, 0.3) is 0 Å². The molecule has 0 aromatic rings. The number of ether oxygens (including phenoxy) is 2. The number of nitriles is 1. The van der Waals surface area contributed by atoms with Gasteiger partial charge in [0.05, 0.1) is 25.2 Å². The van der Waals surface area contributed by atoms with Crippen molar-refractivity contribution in [2.75, 3.05) is 6.61 Å². The van der Waals surface area contributed by atoms with Crippen LogP contribution in [-0.4, -0.2) is 19.0 Å². The van der Waals surface area contributed by atoms with Gasteiger partial charge in [-0.25, -0.2) is 0 Å². The minimum atomic E-state index is -0.0198. The van der Waals surface area contributed by atoms with E-state index in [4.69, 9.17) is 14.7 Å². The summed E-state index contributed by atoms with van der Waals surface area (Å²) in [7, 11) is 0. The van der Waals surface area contributed by atoms with Gasteiger partial charge < -0.3 is 9.47 Å². The Hall–Kier alpha value is -0.590. The Balaban J connectivity index is 1.79. The van der Waals surface area contributed by atoms with E-state index in [1.54, 1.807) is 0 Å². The van der Waals surface area contributed by atoms with Gasteiger partial charge in [-0.2, -0.15) is 5.26 Å². The van der Waals surface area contributed by atoms with Gasteiger partial charge in [-0.1, -0.05) is 19.3 Å².